The summed E-state index contributed by atoms with van der Waals surface area (Å²) >= 11 is 6.96. The molecule has 0 spiro atoms. The molecule has 0 bridgehead atoms. The van der Waals surface area contributed by atoms with E-state index in [1.807, 2.05) is 18.2 Å². The van der Waals surface area contributed by atoms with E-state index in [0.717, 1.165) is 33.4 Å². The molecule has 1 heterocycles. The molecule has 0 fully saturated rings. The van der Waals surface area contributed by atoms with Gasteiger partial charge in [0.25, 0.3) is 0 Å². The lowest BCUT2D eigenvalue weighted by Crippen LogP contribution is -2.17. The van der Waals surface area contributed by atoms with E-state index >= 15 is 0 Å². The first-order valence-corrected chi connectivity index (χ1v) is 7.24. The molecule has 0 aliphatic heterocycles. The molecule has 0 unspecified atom stereocenters. The van der Waals surface area contributed by atoms with Crippen LogP contribution >= 0.6 is 31.9 Å². The van der Waals surface area contributed by atoms with Crippen molar-refractivity contribution in [2.24, 2.45) is 0 Å². The summed E-state index contributed by atoms with van der Waals surface area (Å²) < 4.78 is 3.68. The molecular formula is C11H13Br2N5. The van der Waals surface area contributed by atoms with Gasteiger partial charge in [-0.05, 0) is 57.5 Å². The van der Waals surface area contributed by atoms with Gasteiger partial charge in [0.15, 0.2) is 5.82 Å². The van der Waals surface area contributed by atoms with Crippen LogP contribution in [0.4, 0.5) is 0 Å². The zero-order chi connectivity index (χ0) is 13.0. The molecule has 2 aromatic rings. The first-order chi connectivity index (χ1) is 8.72. The minimum atomic E-state index is 0.653. The van der Waals surface area contributed by atoms with Crippen LogP contribution in [0.1, 0.15) is 19.2 Å². The van der Waals surface area contributed by atoms with Gasteiger partial charge in [0.05, 0.1) is 12.2 Å². The number of hydrogen-bond donors (Lipinski definition) is 1. The predicted octanol–water partition coefficient (Wildman–Crippen LogP) is 2.69. The molecule has 0 aliphatic rings. The van der Waals surface area contributed by atoms with Crippen LogP contribution in [-0.2, 0) is 6.54 Å². The van der Waals surface area contributed by atoms with E-state index in [2.05, 4.69) is 59.6 Å². The Bertz CT molecular complexity index is 526. The minimum Gasteiger partial charge on any atom is -0.310 e. The van der Waals surface area contributed by atoms with Crippen molar-refractivity contribution in [3.8, 4) is 5.69 Å². The lowest BCUT2D eigenvalue weighted by molar-refractivity contribution is 0.632. The Kier molecular flexibility index (Phi) is 4.85. The summed E-state index contributed by atoms with van der Waals surface area (Å²) in [6, 6.07) is 5.90. The largest absolute Gasteiger partial charge is 0.310 e. The summed E-state index contributed by atoms with van der Waals surface area (Å²) in [6.07, 6.45) is 1.09. The number of benzene rings is 1. The van der Waals surface area contributed by atoms with Gasteiger partial charge in [-0.15, -0.1) is 5.10 Å². The predicted molar refractivity (Wildman–Crippen MR) is 76.6 cm³/mol. The van der Waals surface area contributed by atoms with Crippen LogP contribution in [0.3, 0.4) is 0 Å². The molecule has 2 rings (SSSR count). The molecule has 0 saturated carbocycles. The average molecular weight is 375 g/mol. The summed E-state index contributed by atoms with van der Waals surface area (Å²) in [7, 11) is 0. The topological polar surface area (TPSA) is 55.6 Å². The summed E-state index contributed by atoms with van der Waals surface area (Å²) in [5.74, 6) is 0.794. The molecule has 1 aromatic heterocycles. The Balaban J connectivity index is 2.27. The summed E-state index contributed by atoms with van der Waals surface area (Å²) in [4.78, 5) is 0. The molecule has 0 radical (unpaired) electrons. The number of rotatable bonds is 5. The van der Waals surface area contributed by atoms with Crippen LogP contribution < -0.4 is 5.32 Å². The maximum absolute atomic E-state index is 4.04. The lowest BCUT2D eigenvalue weighted by Gasteiger charge is -2.07. The van der Waals surface area contributed by atoms with Crippen LogP contribution in [0.15, 0.2) is 27.1 Å². The van der Waals surface area contributed by atoms with E-state index in [4.69, 9.17) is 0 Å². The Morgan fingerprint density at radius 1 is 1.33 bits per heavy atom. The van der Waals surface area contributed by atoms with Crippen molar-refractivity contribution in [2.75, 3.05) is 6.54 Å². The summed E-state index contributed by atoms with van der Waals surface area (Å²) in [5, 5.41) is 15.1. The van der Waals surface area contributed by atoms with E-state index in [-0.39, 0.29) is 0 Å². The number of nitrogens with zero attached hydrogens (tertiary/aromatic N) is 4. The highest BCUT2D eigenvalue weighted by Crippen LogP contribution is 2.24. The summed E-state index contributed by atoms with van der Waals surface area (Å²) in [5.41, 5.74) is 0.919. The molecule has 5 nitrogen and oxygen atoms in total. The Hall–Kier alpha value is -0.790. The van der Waals surface area contributed by atoms with Crippen molar-refractivity contribution < 1.29 is 0 Å². The second-order valence-corrected chi connectivity index (χ2v) is 5.55. The highest BCUT2D eigenvalue weighted by atomic mass is 79.9. The second kappa shape index (κ2) is 6.40. The molecule has 18 heavy (non-hydrogen) atoms. The van der Waals surface area contributed by atoms with Crippen LogP contribution in [0.5, 0.6) is 0 Å². The third-order valence-electron chi connectivity index (χ3n) is 2.38. The molecule has 0 saturated heterocycles. The van der Waals surface area contributed by atoms with Gasteiger partial charge in [-0.2, -0.15) is 4.68 Å². The number of aromatic nitrogens is 4. The van der Waals surface area contributed by atoms with E-state index in [0.29, 0.717) is 6.54 Å². The fourth-order valence-electron chi connectivity index (χ4n) is 1.53. The minimum absolute atomic E-state index is 0.653. The normalized spacial score (nSPS) is 10.8. The van der Waals surface area contributed by atoms with Crippen LogP contribution in [0.2, 0.25) is 0 Å². The quantitative estimate of drug-likeness (QED) is 0.817. The van der Waals surface area contributed by atoms with E-state index < -0.39 is 0 Å². The summed E-state index contributed by atoms with van der Waals surface area (Å²) in [6.45, 7) is 3.73. The van der Waals surface area contributed by atoms with Gasteiger partial charge in [0.1, 0.15) is 0 Å². The van der Waals surface area contributed by atoms with E-state index in [1.165, 1.54) is 0 Å². The Morgan fingerprint density at radius 3 is 2.94 bits per heavy atom. The van der Waals surface area contributed by atoms with Crippen LogP contribution in [0.25, 0.3) is 5.69 Å². The standard InChI is InChI=1S/C11H13Br2N5/c1-2-5-14-7-11-15-16-17-18(11)10-6-8(12)3-4-9(10)13/h3-4,6,14H,2,5,7H2,1H3. The van der Waals surface area contributed by atoms with Crippen molar-refractivity contribution in [1.82, 2.24) is 25.5 Å². The van der Waals surface area contributed by atoms with Gasteiger partial charge < -0.3 is 5.32 Å². The van der Waals surface area contributed by atoms with Crippen LogP contribution in [0, 0.1) is 0 Å². The third-order valence-corrected chi connectivity index (χ3v) is 3.54. The maximum Gasteiger partial charge on any atom is 0.170 e. The zero-order valence-corrected chi connectivity index (χ0v) is 13.1. The lowest BCUT2D eigenvalue weighted by atomic mass is 10.3. The molecule has 7 heteroatoms. The van der Waals surface area contributed by atoms with Gasteiger partial charge in [-0.1, -0.05) is 22.9 Å². The number of halogens is 2. The van der Waals surface area contributed by atoms with Gasteiger partial charge in [-0.25, -0.2) is 0 Å². The van der Waals surface area contributed by atoms with Crippen LogP contribution in [-0.4, -0.2) is 26.8 Å². The number of nitrogens with one attached hydrogen (secondary N) is 1. The molecule has 0 amide bonds. The third kappa shape index (κ3) is 3.15. The van der Waals surface area contributed by atoms with Crippen molar-refractivity contribution in [3.63, 3.8) is 0 Å². The Morgan fingerprint density at radius 2 is 2.17 bits per heavy atom. The zero-order valence-electron chi connectivity index (χ0n) is 9.90. The van der Waals surface area contributed by atoms with Gasteiger partial charge in [0, 0.05) is 8.95 Å². The van der Waals surface area contributed by atoms with Crippen molar-refractivity contribution in [3.05, 3.63) is 33.0 Å². The second-order valence-electron chi connectivity index (χ2n) is 3.78. The fraction of sp³-hybridized carbons (Fsp3) is 0.364. The van der Waals surface area contributed by atoms with Gasteiger partial charge in [-0.3, -0.25) is 0 Å². The highest BCUT2D eigenvalue weighted by molar-refractivity contribution is 9.11. The molecule has 96 valence electrons. The SMILES string of the molecule is CCCNCc1nnnn1-c1cc(Br)ccc1Br. The average Bonchev–Trinajstić information content (AvgIpc) is 2.81. The smallest absolute Gasteiger partial charge is 0.170 e. The first kappa shape index (κ1) is 13.6. The van der Waals surface area contributed by atoms with E-state index in [9.17, 15) is 0 Å². The monoisotopic (exact) mass is 373 g/mol. The molecule has 1 N–H and O–H groups in total. The van der Waals surface area contributed by atoms with Crippen molar-refractivity contribution in [2.45, 2.75) is 19.9 Å². The highest BCUT2D eigenvalue weighted by Gasteiger charge is 2.11. The van der Waals surface area contributed by atoms with Crippen molar-refractivity contribution in [1.29, 1.82) is 0 Å². The first-order valence-electron chi connectivity index (χ1n) is 5.65. The Labute approximate surface area is 122 Å². The molecule has 0 atom stereocenters. The molecule has 0 aliphatic carbocycles. The van der Waals surface area contributed by atoms with E-state index in [1.54, 1.807) is 4.68 Å². The molecular weight excluding hydrogens is 362 g/mol. The van der Waals surface area contributed by atoms with Crippen molar-refractivity contribution >= 4 is 31.9 Å². The van der Waals surface area contributed by atoms with Gasteiger partial charge in [0.2, 0.25) is 0 Å². The fourth-order valence-corrected chi connectivity index (χ4v) is 2.29. The maximum atomic E-state index is 4.04. The number of tetrazole rings is 1. The van der Waals surface area contributed by atoms with Gasteiger partial charge >= 0.3 is 0 Å². The molecule has 1 aromatic carbocycles. The number of hydrogen-bond acceptors (Lipinski definition) is 4.